The zero-order chi connectivity index (χ0) is 18.4. The molecule has 0 unspecified atom stereocenters. The third kappa shape index (κ3) is 2.98. The highest BCUT2D eigenvalue weighted by Gasteiger charge is 2.39. The van der Waals surface area contributed by atoms with Gasteiger partial charge in [-0.2, -0.15) is 0 Å². The van der Waals surface area contributed by atoms with Gasteiger partial charge in [-0.3, -0.25) is 0 Å². The number of carbonyl (C=O) groups is 2. The summed E-state index contributed by atoms with van der Waals surface area (Å²) in [5, 5.41) is 0. The highest BCUT2D eigenvalue weighted by atomic mass is 79.9. The van der Waals surface area contributed by atoms with Gasteiger partial charge in [0.2, 0.25) is 0 Å². The molecule has 1 aromatic carbocycles. The van der Waals surface area contributed by atoms with Crippen LogP contribution in [0.2, 0.25) is 0 Å². The molecule has 1 aliphatic rings. The predicted octanol–water partition coefficient (Wildman–Crippen LogP) is 2.38. The first-order valence-electron chi connectivity index (χ1n) is 7.17. The summed E-state index contributed by atoms with van der Waals surface area (Å²) < 4.78 is 36.1. The number of benzene rings is 1. The van der Waals surface area contributed by atoms with E-state index in [9.17, 15) is 18.0 Å². The minimum absolute atomic E-state index is 0.0153. The van der Waals surface area contributed by atoms with E-state index in [4.69, 9.17) is 9.47 Å². The van der Waals surface area contributed by atoms with Gasteiger partial charge in [-0.25, -0.2) is 18.0 Å². The van der Waals surface area contributed by atoms with Crippen LogP contribution in [0.4, 0.5) is 0 Å². The lowest BCUT2D eigenvalue weighted by atomic mass is 10.0. The largest absolute Gasteiger partial charge is 0.465 e. The molecule has 2 heterocycles. The fraction of sp³-hybridized carbons (Fsp3) is 0.250. The van der Waals surface area contributed by atoms with Crippen LogP contribution in [0.1, 0.15) is 26.4 Å². The molecule has 0 spiro atoms. The minimum Gasteiger partial charge on any atom is -0.465 e. The molecule has 0 fully saturated rings. The van der Waals surface area contributed by atoms with Gasteiger partial charge in [0, 0.05) is 10.2 Å². The van der Waals surface area contributed by atoms with Crippen molar-refractivity contribution in [3.05, 3.63) is 45.6 Å². The van der Waals surface area contributed by atoms with E-state index in [0.717, 1.165) is 4.47 Å². The molecular weight excluding hydrogens is 414 g/mol. The van der Waals surface area contributed by atoms with E-state index >= 15 is 0 Å². The average molecular weight is 428 g/mol. The van der Waals surface area contributed by atoms with Crippen molar-refractivity contribution in [2.45, 2.75) is 11.6 Å². The van der Waals surface area contributed by atoms with Crippen LogP contribution in [-0.2, 0) is 30.9 Å². The van der Waals surface area contributed by atoms with E-state index in [1.165, 1.54) is 18.8 Å². The number of fused-ring (bicyclic) bond motifs is 1. The van der Waals surface area contributed by atoms with E-state index in [-0.39, 0.29) is 28.5 Å². The second-order valence-electron chi connectivity index (χ2n) is 5.48. The first kappa shape index (κ1) is 17.7. The van der Waals surface area contributed by atoms with Crippen LogP contribution in [-0.4, -0.2) is 39.1 Å². The fourth-order valence-corrected chi connectivity index (χ4v) is 4.69. The third-order valence-electron chi connectivity index (χ3n) is 3.95. The summed E-state index contributed by atoms with van der Waals surface area (Å²) in [6, 6.07) is 6.98. The fourth-order valence-electron chi connectivity index (χ4n) is 2.94. The van der Waals surface area contributed by atoms with Crippen molar-refractivity contribution >= 4 is 37.7 Å². The van der Waals surface area contributed by atoms with Gasteiger partial charge in [0.05, 0.1) is 31.2 Å². The molecule has 7 nitrogen and oxygen atoms in total. The highest BCUT2D eigenvalue weighted by Crippen LogP contribution is 2.38. The topological polar surface area (TPSA) is 91.7 Å². The lowest BCUT2D eigenvalue weighted by Gasteiger charge is -2.09. The maximum Gasteiger partial charge on any atom is 0.340 e. The molecule has 0 aliphatic carbocycles. The number of rotatable bonds is 3. The number of methoxy groups -OCH3 is 2. The minimum atomic E-state index is -3.42. The maximum absolute atomic E-state index is 12.4. The Hall–Kier alpha value is -2.13. The molecule has 1 aliphatic heterocycles. The molecule has 0 radical (unpaired) electrons. The Balaban J connectivity index is 2.38. The molecule has 2 aromatic rings. The average Bonchev–Trinajstić information content (AvgIpc) is 3.04. The van der Waals surface area contributed by atoms with Crippen LogP contribution in [0, 0.1) is 0 Å². The lowest BCUT2D eigenvalue weighted by Crippen LogP contribution is -2.13. The molecule has 9 heteroatoms. The third-order valence-corrected chi connectivity index (χ3v) is 5.84. The van der Waals surface area contributed by atoms with Crippen LogP contribution >= 0.6 is 15.9 Å². The van der Waals surface area contributed by atoms with Crippen molar-refractivity contribution in [2.24, 2.45) is 0 Å². The van der Waals surface area contributed by atoms with Gasteiger partial charge in [0.1, 0.15) is 11.4 Å². The van der Waals surface area contributed by atoms with Crippen molar-refractivity contribution in [1.29, 1.82) is 0 Å². The molecule has 0 bridgehead atoms. The second kappa shape index (κ2) is 6.30. The molecule has 0 saturated heterocycles. The van der Waals surface area contributed by atoms with Gasteiger partial charge >= 0.3 is 11.9 Å². The van der Waals surface area contributed by atoms with E-state index in [1.54, 1.807) is 24.3 Å². The Kier molecular flexibility index (Phi) is 4.46. The summed E-state index contributed by atoms with van der Waals surface area (Å²) >= 11 is 3.33. The summed E-state index contributed by atoms with van der Waals surface area (Å²) in [6.07, 6.45) is 0. The number of esters is 2. The van der Waals surface area contributed by atoms with Crippen molar-refractivity contribution in [3.8, 4) is 11.3 Å². The summed E-state index contributed by atoms with van der Waals surface area (Å²) in [5.74, 6) is -2.14. The van der Waals surface area contributed by atoms with E-state index in [2.05, 4.69) is 15.9 Å². The number of halogens is 1. The number of carbonyl (C=O) groups excluding carboxylic acids is 2. The number of hydrogen-bond acceptors (Lipinski definition) is 6. The van der Waals surface area contributed by atoms with Crippen molar-refractivity contribution in [2.75, 3.05) is 14.2 Å². The number of ether oxygens (including phenoxy) is 2. The standard InChI is InChI=1S/C16H14BrNO6S/c1-23-15(19)12-11-7-25(21,22)8-18(11)14(13(12)16(20)24-2)9-3-5-10(17)6-4-9/h3-6H,7-8H2,1-2H3. The normalized spacial score (nSPS) is 14.8. The number of hydrogen-bond donors (Lipinski definition) is 0. The van der Waals surface area contributed by atoms with Crippen LogP contribution in [0.25, 0.3) is 11.3 Å². The maximum atomic E-state index is 12.4. The Morgan fingerprint density at radius 3 is 2.16 bits per heavy atom. The molecule has 25 heavy (non-hydrogen) atoms. The molecule has 0 N–H and O–H groups in total. The van der Waals surface area contributed by atoms with Gasteiger partial charge in [0.15, 0.2) is 9.84 Å². The molecule has 132 valence electrons. The summed E-state index contributed by atoms with van der Waals surface area (Å²) in [5.41, 5.74) is 1.12. The monoisotopic (exact) mass is 427 g/mol. The van der Waals surface area contributed by atoms with E-state index < -0.39 is 21.8 Å². The van der Waals surface area contributed by atoms with Crippen LogP contribution < -0.4 is 0 Å². The van der Waals surface area contributed by atoms with Gasteiger partial charge < -0.3 is 14.0 Å². The summed E-state index contributed by atoms with van der Waals surface area (Å²) in [6.45, 7) is 0. The summed E-state index contributed by atoms with van der Waals surface area (Å²) in [4.78, 5) is 24.7. The quantitative estimate of drug-likeness (QED) is 0.698. The zero-order valence-electron chi connectivity index (χ0n) is 13.4. The van der Waals surface area contributed by atoms with Crippen molar-refractivity contribution < 1.29 is 27.5 Å². The predicted molar refractivity (Wildman–Crippen MR) is 92.9 cm³/mol. The Bertz CT molecular complexity index is 975. The Labute approximate surface area is 152 Å². The van der Waals surface area contributed by atoms with Crippen molar-refractivity contribution in [3.63, 3.8) is 0 Å². The van der Waals surface area contributed by atoms with Gasteiger partial charge in [0.25, 0.3) is 0 Å². The molecule has 3 rings (SSSR count). The Morgan fingerprint density at radius 2 is 1.60 bits per heavy atom. The van der Waals surface area contributed by atoms with Crippen LogP contribution in [0.15, 0.2) is 28.7 Å². The molecule has 0 amide bonds. The van der Waals surface area contributed by atoms with E-state index in [1.807, 2.05) is 0 Å². The number of nitrogens with zero attached hydrogens (tertiary/aromatic N) is 1. The molecular formula is C16H14BrNO6S. The lowest BCUT2D eigenvalue weighted by molar-refractivity contribution is 0.0556. The zero-order valence-corrected chi connectivity index (χ0v) is 15.8. The first-order valence-corrected chi connectivity index (χ1v) is 9.79. The second-order valence-corrected chi connectivity index (χ2v) is 8.43. The van der Waals surface area contributed by atoms with Crippen LogP contribution in [0.5, 0.6) is 0 Å². The van der Waals surface area contributed by atoms with E-state index in [0.29, 0.717) is 11.3 Å². The first-order chi connectivity index (χ1) is 11.8. The molecule has 1 aromatic heterocycles. The van der Waals surface area contributed by atoms with Crippen LogP contribution in [0.3, 0.4) is 0 Å². The molecule has 0 saturated carbocycles. The SMILES string of the molecule is COC(=O)c1c(C(=O)OC)c(-c2ccc(Br)cc2)n2c1CS(=O)(=O)C2. The summed E-state index contributed by atoms with van der Waals surface area (Å²) in [7, 11) is -1.04. The van der Waals surface area contributed by atoms with Crippen molar-refractivity contribution in [1.82, 2.24) is 4.57 Å². The Morgan fingerprint density at radius 1 is 1.04 bits per heavy atom. The smallest absolute Gasteiger partial charge is 0.340 e. The van der Waals surface area contributed by atoms with Gasteiger partial charge in [-0.15, -0.1) is 0 Å². The van der Waals surface area contributed by atoms with Gasteiger partial charge in [-0.05, 0) is 17.7 Å². The molecule has 0 atom stereocenters. The number of aromatic nitrogens is 1. The highest BCUT2D eigenvalue weighted by molar-refractivity contribution is 9.10. The van der Waals surface area contributed by atoms with Gasteiger partial charge in [-0.1, -0.05) is 28.1 Å². The number of sulfone groups is 1.